The third-order valence-corrected chi connectivity index (χ3v) is 7.83. The minimum Gasteiger partial charge on any atom is -0.466 e. The molecule has 0 fully saturated rings. The fourth-order valence-corrected chi connectivity index (χ4v) is 6.17. The molecule has 1 amide bonds. The number of rotatable bonds is 8. The normalized spacial score (nSPS) is 13.3. The van der Waals surface area contributed by atoms with Crippen LogP contribution in [-0.4, -0.2) is 42.3 Å². The zero-order valence-electron chi connectivity index (χ0n) is 16.9. The number of thiazole rings is 1. The van der Waals surface area contributed by atoms with Gasteiger partial charge in [-0.2, -0.15) is 0 Å². The van der Waals surface area contributed by atoms with Crippen LogP contribution in [0.2, 0.25) is 0 Å². The van der Waals surface area contributed by atoms with Gasteiger partial charge in [-0.15, -0.1) is 22.7 Å². The number of aryl methyl sites for hydroxylation is 1. The number of hydrogen-bond acceptors (Lipinski definition) is 9. The summed E-state index contributed by atoms with van der Waals surface area (Å²) in [6.45, 7) is 2.10. The second-order valence-electron chi connectivity index (χ2n) is 6.68. The van der Waals surface area contributed by atoms with Crippen molar-refractivity contribution >= 4 is 57.3 Å². The van der Waals surface area contributed by atoms with Gasteiger partial charge in [0.1, 0.15) is 5.00 Å². The highest BCUT2D eigenvalue weighted by Gasteiger charge is 2.26. The smallest absolute Gasteiger partial charge is 0.341 e. The minimum absolute atomic E-state index is 0.125. The summed E-state index contributed by atoms with van der Waals surface area (Å²) in [4.78, 5) is 42.0. The van der Waals surface area contributed by atoms with E-state index >= 15 is 0 Å². The van der Waals surface area contributed by atoms with Gasteiger partial charge in [-0.25, -0.2) is 9.78 Å². The largest absolute Gasteiger partial charge is 0.466 e. The second-order valence-corrected chi connectivity index (χ2v) is 9.87. The van der Waals surface area contributed by atoms with Gasteiger partial charge in [-0.1, -0.05) is 18.2 Å². The van der Waals surface area contributed by atoms with E-state index < -0.39 is 5.97 Å². The van der Waals surface area contributed by atoms with Gasteiger partial charge in [0.25, 0.3) is 0 Å². The number of nitrogens with one attached hydrogen (secondary N) is 1. The van der Waals surface area contributed by atoms with E-state index in [1.807, 2.05) is 0 Å². The van der Waals surface area contributed by atoms with Crippen LogP contribution in [-0.2, 0) is 38.3 Å². The number of fused-ring (bicyclic) bond motifs is 1. The SMILES string of the molecule is CCOC(=O)Cc1csc(SCC(=O)Nc2sc3c(c2C(=O)OC)CCCCC3)n1. The van der Waals surface area contributed by atoms with Crippen molar-refractivity contribution in [2.24, 2.45) is 0 Å². The predicted molar refractivity (Wildman–Crippen MR) is 119 cm³/mol. The number of aromatic nitrogens is 1. The van der Waals surface area contributed by atoms with Crippen LogP contribution in [0.3, 0.4) is 0 Å². The zero-order chi connectivity index (χ0) is 21.5. The van der Waals surface area contributed by atoms with Gasteiger partial charge in [0.05, 0.1) is 37.1 Å². The Morgan fingerprint density at radius 1 is 1.23 bits per heavy atom. The summed E-state index contributed by atoms with van der Waals surface area (Å²) in [6, 6.07) is 0. The lowest BCUT2D eigenvalue weighted by Crippen LogP contribution is -2.16. The molecule has 0 aliphatic heterocycles. The van der Waals surface area contributed by atoms with E-state index in [0.717, 1.165) is 37.7 Å². The average Bonchev–Trinajstić information content (AvgIpc) is 3.22. The van der Waals surface area contributed by atoms with Crippen LogP contribution in [0.25, 0.3) is 0 Å². The molecule has 0 bridgehead atoms. The maximum atomic E-state index is 12.5. The number of carbonyl (C=O) groups excluding carboxylic acids is 3. The Balaban J connectivity index is 1.62. The minimum atomic E-state index is -0.402. The molecule has 0 unspecified atom stereocenters. The van der Waals surface area contributed by atoms with E-state index in [4.69, 9.17) is 9.47 Å². The molecule has 0 saturated heterocycles. The van der Waals surface area contributed by atoms with Crippen molar-refractivity contribution in [2.45, 2.75) is 49.8 Å². The van der Waals surface area contributed by atoms with Crippen LogP contribution in [0.1, 0.15) is 52.7 Å². The first-order valence-electron chi connectivity index (χ1n) is 9.77. The highest BCUT2D eigenvalue weighted by atomic mass is 32.2. The van der Waals surface area contributed by atoms with Crippen LogP contribution in [0.5, 0.6) is 0 Å². The summed E-state index contributed by atoms with van der Waals surface area (Å²) >= 11 is 4.16. The molecule has 30 heavy (non-hydrogen) atoms. The fourth-order valence-electron chi connectivity index (χ4n) is 3.23. The van der Waals surface area contributed by atoms with Crippen molar-refractivity contribution < 1.29 is 23.9 Å². The molecule has 162 valence electrons. The first-order chi connectivity index (χ1) is 14.5. The molecule has 2 aromatic heterocycles. The molecule has 0 saturated carbocycles. The second kappa shape index (κ2) is 10.9. The maximum Gasteiger partial charge on any atom is 0.341 e. The van der Waals surface area contributed by atoms with Crippen LogP contribution in [0.4, 0.5) is 5.00 Å². The molecule has 10 heteroatoms. The lowest BCUT2D eigenvalue weighted by molar-refractivity contribution is -0.142. The Morgan fingerprint density at radius 3 is 2.80 bits per heavy atom. The number of ether oxygens (including phenoxy) is 2. The van der Waals surface area contributed by atoms with E-state index in [1.165, 1.54) is 46.4 Å². The number of thiophene rings is 1. The first-order valence-corrected chi connectivity index (χ1v) is 12.5. The van der Waals surface area contributed by atoms with E-state index in [0.29, 0.717) is 27.2 Å². The van der Waals surface area contributed by atoms with Crippen LogP contribution in [0, 0.1) is 0 Å². The van der Waals surface area contributed by atoms with Crippen molar-refractivity contribution in [2.75, 3.05) is 24.8 Å². The molecule has 0 aromatic carbocycles. The number of anilines is 1. The molecular weight excluding hydrogens is 444 g/mol. The Morgan fingerprint density at radius 2 is 2.03 bits per heavy atom. The number of carbonyl (C=O) groups is 3. The standard InChI is InChI=1S/C20H24N2O5S3/c1-3-27-16(24)9-12-10-28-20(21-12)29-11-15(23)22-18-17(19(25)26-2)13-7-5-4-6-8-14(13)30-18/h10H,3-9,11H2,1-2H3,(H,22,23). The summed E-state index contributed by atoms with van der Waals surface area (Å²) in [5.41, 5.74) is 2.16. The summed E-state index contributed by atoms with van der Waals surface area (Å²) in [6.07, 6.45) is 5.16. The fraction of sp³-hybridized carbons (Fsp3) is 0.500. The Bertz CT molecular complexity index is 922. The van der Waals surface area contributed by atoms with Gasteiger partial charge < -0.3 is 14.8 Å². The maximum absolute atomic E-state index is 12.5. The molecule has 1 aliphatic rings. The van der Waals surface area contributed by atoms with E-state index in [-0.39, 0.29) is 24.1 Å². The Kier molecular flexibility index (Phi) is 8.29. The van der Waals surface area contributed by atoms with Gasteiger partial charge in [0.2, 0.25) is 5.91 Å². The Labute approximate surface area is 187 Å². The van der Waals surface area contributed by atoms with Gasteiger partial charge >= 0.3 is 11.9 Å². The lowest BCUT2D eigenvalue weighted by Gasteiger charge is -2.07. The van der Waals surface area contributed by atoms with Crippen LogP contribution in [0.15, 0.2) is 9.72 Å². The van der Waals surface area contributed by atoms with Gasteiger partial charge in [0, 0.05) is 10.3 Å². The monoisotopic (exact) mass is 468 g/mol. The lowest BCUT2D eigenvalue weighted by atomic mass is 10.1. The molecule has 2 heterocycles. The number of esters is 2. The molecule has 0 atom stereocenters. The van der Waals surface area contributed by atoms with Crippen molar-refractivity contribution in [3.05, 3.63) is 27.1 Å². The quantitative estimate of drug-likeness (QED) is 0.354. The summed E-state index contributed by atoms with van der Waals surface area (Å²) in [5.74, 6) is -0.760. The number of methoxy groups -OCH3 is 1. The number of thioether (sulfide) groups is 1. The molecule has 7 nitrogen and oxygen atoms in total. The molecule has 1 aliphatic carbocycles. The summed E-state index contributed by atoms with van der Waals surface area (Å²) < 4.78 is 10.6. The van der Waals surface area contributed by atoms with Crippen molar-refractivity contribution in [3.8, 4) is 0 Å². The predicted octanol–water partition coefficient (Wildman–Crippen LogP) is 4.10. The van der Waals surface area contributed by atoms with Crippen molar-refractivity contribution in [3.63, 3.8) is 0 Å². The topological polar surface area (TPSA) is 94.6 Å². The molecule has 2 aromatic rings. The third kappa shape index (κ3) is 5.83. The average molecular weight is 469 g/mol. The van der Waals surface area contributed by atoms with E-state index in [1.54, 1.807) is 12.3 Å². The van der Waals surface area contributed by atoms with Gasteiger partial charge in [0.15, 0.2) is 4.34 Å². The van der Waals surface area contributed by atoms with E-state index in [9.17, 15) is 14.4 Å². The molecule has 0 radical (unpaired) electrons. The first kappa shape index (κ1) is 22.8. The van der Waals surface area contributed by atoms with Gasteiger partial charge in [-0.3, -0.25) is 9.59 Å². The highest BCUT2D eigenvalue weighted by molar-refractivity contribution is 8.01. The molecule has 1 N–H and O–H groups in total. The van der Waals surface area contributed by atoms with Crippen LogP contribution >= 0.6 is 34.4 Å². The molecular formula is C20H24N2O5S3. The highest BCUT2D eigenvalue weighted by Crippen LogP contribution is 2.38. The summed E-state index contributed by atoms with van der Waals surface area (Å²) in [5, 5.41) is 5.26. The van der Waals surface area contributed by atoms with Crippen molar-refractivity contribution in [1.82, 2.24) is 4.98 Å². The Hall–Kier alpha value is -1.91. The van der Waals surface area contributed by atoms with Crippen molar-refractivity contribution in [1.29, 1.82) is 0 Å². The number of nitrogens with zero attached hydrogens (tertiary/aromatic N) is 1. The molecule has 0 spiro atoms. The van der Waals surface area contributed by atoms with Crippen LogP contribution < -0.4 is 5.32 Å². The zero-order valence-corrected chi connectivity index (χ0v) is 19.4. The summed E-state index contributed by atoms with van der Waals surface area (Å²) in [7, 11) is 1.36. The van der Waals surface area contributed by atoms with E-state index in [2.05, 4.69) is 10.3 Å². The number of amides is 1. The van der Waals surface area contributed by atoms with Gasteiger partial charge in [-0.05, 0) is 38.2 Å². The third-order valence-electron chi connectivity index (χ3n) is 4.55. The molecule has 3 rings (SSSR count). The number of hydrogen-bond donors (Lipinski definition) is 1.